The zero-order valence-corrected chi connectivity index (χ0v) is 10.5. The van der Waals surface area contributed by atoms with Crippen LogP contribution in [0.2, 0.25) is 0 Å². The van der Waals surface area contributed by atoms with E-state index in [4.69, 9.17) is 16.2 Å². The van der Waals surface area contributed by atoms with Crippen LogP contribution in [0.5, 0.6) is 5.75 Å². The van der Waals surface area contributed by atoms with Crippen molar-refractivity contribution < 1.29 is 4.29 Å². The minimum atomic E-state index is 0.155. The van der Waals surface area contributed by atoms with Gasteiger partial charge in [-0.3, -0.25) is 0 Å². The smallest absolute Gasteiger partial charge is 0.152 e. The Balaban J connectivity index is 1.94. The van der Waals surface area contributed by atoms with E-state index < -0.39 is 0 Å². The number of hydrogen-bond acceptors (Lipinski definition) is 3. The first-order valence-corrected chi connectivity index (χ1v) is 6.47. The van der Waals surface area contributed by atoms with Crippen molar-refractivity contribution in [1.82, 2.24) is 0 Å². The highest BCUT2D eigenvalue weighted by Crippen LogP contribution is 2.48. The lowest BCUT2D eigenvalue weighted by Gasteiger charge is -2.13. The van der Waals surface area contributed by atoms with Gasteiger partial charge in [-0.2, -0.15) is 0 Å². The standard InChI is InChI=1S/C13H10ClNOS/c14-16-11-7-3-1-5-9(11)13-15-10-6-2-4-8-12(10)17-13/h1-8,13,15H/t13-/m1/s1. The third-order valence-corrected chi connectivity index (χ3v) is 4.09. The molecular weight excluding hydrogens is 254 g/mol. The molecule has 2 nitrogen and oxygen atoms in total. The fourth-order valence-electron chi connectivity index (χ4n) is 1.89. The van der Waals surface area contributed by atoms with E-state index in [9.17, 15) is 0 Å². The molecule has 0 bridgehead atoms. The Kier molecular flexibility index (Phi) is 2.87. The Bertz CT molecular complexity index is 521. The van der Waals surface area contributed by atoms with Gasteiger partial charge < -0.3 is 9.61 Å². The molecule has 86 valence electrons. The summed E-state index contributed by atoms with van der Waals surface area (Å²) in [6.45, 7) is 0. The summed E-state index contributed by atoms with van der Waals surface area (Å²) in [6, 6.07) is 16.0. The molecule has 0 aromatic heterocycles. The molecule has 1 heterocycles. The predicted octanol–water partition coefficient (Wildman–Crippen LogP) is 4.44. The number of nitrogens with one attached hydrogen (secondary N) is 1. The van der Waals surface area contributed by atoms with Gasteiger partial charge in [-0.25, -0.2) is 0 Å². The molecule has 4 heteroatoms. The molecule has 3 rings (SSSR count). The van der Waals surface area contributed by atoms with Gasteiger partial charge in [0.2, 0.25) is 0 Å². The first-order chi connectivity index (χ1) is 8.38. The van der Waals surface area contributed by atoms with Crippen LogP contribution in [0.3, 0.4) is 0 Å². The van der Waals surface area contributed by atoms with Crippen LogP contribution in [0.4, 0.5) is 5.69 Å². The number of hydrogen-bond donors (Lipinski definition) is 1. The highest BCUT2D eigenvalue weighted by molar-refractivity contribution is 8.00. The van der Waals surface area contributed by atoms with E-state index in [0.717, 1.165) is 11.3 Å². The Morgan fingerprint density at radius 3 is 2.65 bits per heavy atom. The molecule has 0 saturated heterocycles. The molecule has 0 fully saturated rings. The average Bonchev–Trinajstić information content (AvgIpc) is 2.82. The van der Waals surface area contributed by atoms with Crippen molar-refractivity contribution in [3.63, 3.8) is 0 Å². The summed E-state index contributed by atoms with van der Waals surface area (Å²) in [6.07, 6.45) is 0. The van der Waals surface area contributed by atoms with Crippen molar-refractivity contribution >= 4 is 29.3 Å². The summed E-state index contributed by atoms with van der Waals surface area (Å²) < 4.78 is 4.88. The molecule has 2 aromatic rings. The summed E-state index contributed by atoms with van der Waals surface area (Å²) in [5.41, 5.74) is 2.22. The number of fused-ring (bicyclic) bond motifs is 1. The monoisotopic (exact) mass is 263 g/mol. The van der Waals surface area contributed by atoms with Crippen molar-refractivity contribution in [3.8, 4) is 5.75 Å². The average molecular weight is 264 g/mol. The first-order valence-electron chi connectivity index (χ1n) is 5.28. The molecule has 0 radical (unpaired) electrons. The fourth-order valence-corrected chi connectivity index (χ4v) is 3.21. The molecule has 1 N–H and O–H groups in total. The maximum Gasteiger partial charge on any atom is 0.152 e. The normalized spacial score (nSPS) is 17.4. The molecule has 1 aliphatic rings. The van der Waals surface area contributed by atoms with E-state index in [1.54, 1.807) is 11.8 Å². The highest BCUT2D eigenvalue weighted by atomic mass is 35.5. The van der Waals surface area contributed by atoms with Gasteiger partial charge in [0, 0.05) is 16.1 Å². The van der Waals surface area contributed by atoms with Crippen LogP contribution in [-0.4, -0.2) is 0 Å². The van der Waals surface area contributed by atoms with E-state index >= 15 is 0 Å². The molecule has 1 atom stereocenters. The maximum atomic E-state index is 5.48. The SMILES string of the molecule is ClOc1ccccc1[C@@H]1Nc2ccccc2S1. The van der Waals surface area contributed by atoms with Gasteiger partial charge in [0.05, 0.1) is 0 Å². The Morgan fingerprint density at radius 1 is 1.06 bits per heavy atom. The molecule has 0 aliphatic carbocycles. The number of para-hydroxylation sites is 2. The molecule has 0 amide bonds. The van der Waals surface area contributed by atoms with Crippen LogP contribution in [-0.2, 0) is 0 Å². The quantitative estimate of drug-likeness (QED) is 0.866. The van der Waals surface area contributed by atoms with Gasteiger partial charge in [-0.15, -0.1) is 0 Å². The van der Waals surface area contributed by atoms with Crippen LogP contribution in [0.25, 0.3) is 0 Å². The van der Waals surface area contributed by atoms with Crippen LogP contribution < -0.4 is 9.61 Å². The van der Waals surface area contributed by atoms with Crippen molar-refractivity contribution in [2.75, 3.05) is 5.32 Å². The van der Waals surface area contributed by atoms with Crippen molar-refractivity contribution in [3.05, 3.63) is 54.1 Å². The zero-order valence-electron chi connectivity index (χ0n) is 8.89. The van der Waals surface area contributed by atoms with Crippen LogP contribution >= 0.6 is 23.6 Å². The van der Waals surface area contributed by atoms with Gasteiger partial charge in [0.1, 0.15) is 17.2 Å². The fraction of sp³-hybridized carbons (Fsp3) is 0.0769. The lowest BCUT2D eigenvalue weighted by molar-refractivity contribution is 0.609. The zero-order chi connectivity index (χ0) is 11.7. The molecule has 2 aromatic carbocycles. The third-order valence-electron chi connectivity index (χ3n) is 2.70. The summed E-state index contributed by atoms with van der Waals surface area (Å²) in [5, 5.41) is 3.60. The second-order valence-corrected chi connectivity index (χ2v) is 5.05. The Labute approximate surface area is 109 Å². The van der Waals surface area contributed by atoms with E-state index in [1.807, 2.05) is 36.4 Å². The number of anilines is 1. The van der Waals surface area contributed by atoms with Crippen molar-refractivity contribution in [2.45, 2.75) is 10.3 Å². The lowest BCUT2D eigenvalue weighted by Crippen LogP contribution is -2.02. The van der Waals surface area contributed by atoms with Crippen LogP contribution in [0.15, 0.2) is 53.4 Å². The Hall–Kier alpha value is -1.32. The largest absolute Gasteiger partial charge is 0.385 e. The van der Waals surface area contributed by atoms with Crippen LogP contribution in [0.1, 0.15) is 10.9 Å². The van der Waals surface area contributed by atoms with E-state index in [1.165, 1.54) is 4.90 Å². The van der Waals surface area contributed by atoms with Crippen molar-refractivity contribution in [2.24, 2.45) is 0 Å². The summed E-state index contributed by atoms with van der Waals surface area (Å²) in [5.74, 6) is 0.701. The highest BCUT2D eigenvalue weighted by Gasteiger charge is 2.24. The number of benzene rings is 2. The second kappa shape index (κ2) is 4.51. The number of halogens is 1. The summed E-state index contributed by atoms with van der Waals surface area (Å²) >= 11 is 7.25. The maximum absolute atomic E-state index is 5.48. The van der Waals surface area contributed by atoms with Gasteiger partial charge in [0.25, 0.3) is 0 Å². The van der Waals surface area contributed by atoms with E-state index in [2.05, 4.69) is 17.4 Å². The predicted molar refractivity (Wildman–Crippen MR) is 71.6 cm³/mol. The molecule has 0 spiro atoms. The Morgan fingerprint density at radius 2 is 1.82 bits per heavy atom. The molecule has 0 saturated carbocycles. The van der Waals surface area contributed by atoms with Gasteiger partial charge in [-0.1, -0.05) is 42.1 Å². The number of thioether (sulfide) groups is 1. The summed E-state index contributed by atoms with van der Waals surface area (Å²) in [7, 11) is 0. The minimum Gasteiger partial charge on any atom is -0.385 e. The molecule has 1 aliphatic heterocycles. The molecule has 0 unspecified atom stereocenters. The van der Waals surface area contributed by atoms with Gasteiger partial charge in [0.15, 0.2) is 5.75 Å². The van der Waals surface area contributed by atoms with Crippen LogP contribution in [0, 0.1) is 0 Å². The third kappa shape index (κ3) is 1.96. The first kappa shape index (κ1) is 10.8. The second-order valence-electron chi connectivity index (χ2n) is 3.75. The van der Waals surface area contributed by atoms with Gasteiger partial charge in [-0.05, 0) is 18.2 Å². The van der Waals surface area contributed by atoms with E-state index in [-0.39, 0.29) is 5.37 Å². The lowest BCUT2D eigenvalue weighted by atomic mass is 10.2. The van der Waals surface area contributed by atoms with E-state index in [0.29, 0.717) is 5.75 Å². The molecule has 17 heavy (non-hydrogen) atoms. The van der Waals surface area contributed by atoms with Crippen molar-refractivity contribution in [1.29, 1.82) is 0 Å². The topological polar surface area (TPSA) is 21.3 Å². The number of rotatable bonds is 2. The minimum absolute atomic E-state index is 0.155. The molecular formula is C13H10ClNOS. The van der Waals surface area contributed by atoms with Gasteiger partial charge >= 0.3 is 0 Å². The summed E-state index contributed by atoms with van der Waals surface area (Å²) in [4.78, 5) is 1.25.